The van der Waals surface area contributed by atoms with E-state index in [-0.39, 0.29) is 11.2 Å². The second-order valence-electron chi connectivity index (χ2n) is 5.56. The number of nitro benzene ring substituents is 1. The van der Waals surface area contributed by atoms with E-state index in [1.807, 2.05) is 20.8 Å². The smallest absolute Gasteiger partial charge is 0.280 e. The van der Waals surface area contributed by atoms with Gasteiger partial charge in [-0.25, -0.2) is 0 Å². The molecule has 2 aromatic rings. The van der Waals surface area contributed by atoms with E-state index in [1.54, 1.807) is 24.4 Å². The van der Waals surface area contributed by atoms with Crippen LogP contribution in [0.1, 0.15) is 26.3 Å². The van der Waals surface area contributed by atoms with Gasteiger partial charge in [-0.1, -0.05) is 17.3 Å². The third-order valence-corrected chi connectivity index (χ3v) is 2.80. The van der Waals surface area contributed by atoms with Crippen LogP contribution >= 0.6 is 0 Å². The van der Waals surface area contributed by atoms with Crippen molar-refractivity contribution >= 4 is 5.69 Å². The van der Waals surface area contributed by atoms with E-state index in [0.717, 1.165) is 5.56 Å². The van der Waals surface area contributed by atoms with Crippen LogP contribution in [0, 0.1) is 10.1 Å². The van der Waals surface area contributed by atoms with Crippen LogP contribution in [0.3, 0.4) is 0 Å². The van der Waals surface area contributed by atoms with Gasteiger partial charge in [-0.05, 0) is 26.8 Å². The van der Waals surface area contributed by atoms with E-state index >= 15 is 0 Å². The molecule has 1 aromatic heterocycles. The van der Waals surface area contributed by atoms with E-state index in [0.29, 0.717) is 17.9 Å². The van der Waals surface area contributed by atoms with Crippen LogP contribution in [0.4, 0.5) is 5.69 Å². The molecule has 0 fully saturated rings. The molecule has 0 saturated heterocycles. The molecule has 0 amide bonds. The second-order valence-corrected chi connectivity index (χ2v) is 5.56. The van der Waals surface area contributed by atoms with Crippen molar-refractivity contribution < 1.29 is 9.45 Å². The first-order chi connectivity index (χ1) is 9.38. The molecule has 0 unspecified atom stereocenters. The molecule has 1 heterocycles. The van der Waals surface area contributed by atoms with Crippen molar-refractivity contribution in [1.29, 1.82) is 0 Å². The number of hydrogen-bond donors (Lipinski definition) is 1. The van der Waals surface area contributed by atoms with Crippen molar-refractivity contribution in [3.63, 3.8) is 0 Å². The topological polar surface area (TPSA) is 81.2 Å². The van der Waals surface area contributed by atoms with Crippen molar-refractivity contribution in [2.45, 2.75) is 32.9 Å². The summed E-state index contributed by atoms with van der Waals surface area (Å²) >= 11 is 0. The Morgan fingerprint density at radius 2 is 2.05 bits per heavy atom. The van der Waals surface area contributed by atoms with Gasteiger partial charge in [0.2, 0.25) is 0 Å². The maximum Gasteiger partial charge on any atom is 0.280 e. The molecule has 6 nitrogen and oxygen atoms in total. The summed E-state index contributed by atoms with van der Waals surface area (Å²) in [5.74, 6) is 0.439. The molecule has 0 aliphatic heterocycles. The Labute approximate surface area is 116 Å². The molecule has 1 N–H and O–H groups in total. The first-order valence-electron chi connectivity index (χ1n) is 6.31. The summed E-state index contributed by atoms with van der Waals surface area (Å²) in [5, 5.41) is 18.1. The number of nitro groups is 1. The van der Waals surface area contributed by atoms with Gasteiger partial charge in [0, 0.05) is 23.7 Å². The molecule has 0 aliphatic carbocycles. The summed E-state index contributed by atoms with van der Waals surface area (Å²) in [7, 11) is 0. The highest BCUT2D eigenvalue weighted by atomic mass is 16.6. The Kier molecular flexibility index (Phi) is 3.85. The first kappa shape index (κ1) is 14.2. The number of nitrogens with zero attached hydrogens (tertiary/aromatic N) is 2. The van der Waals surface area contributed by atoms with Crippen LogP contribution in [0.15, 0.2) is 35.0 Å². The summed E-state index contributed by atoms with van der Waals surface area (Å²) in [6, 6.07) is 6.49. The van der Waals surface area contributed by atoms with Gasteiger partial charge in [-0.2, -0.15) is 0 Å². The average Bonchev–Trinajstić information content (AvgIpc) is 2.83. The molecule has 6 heteroatoms. The summed E-state index contributed by atoms with van der Waals surface area (Å²) < 4.78 is 5.21. The number of nitrogens with one attached hydrogen (secondary N) is 1. The number of aromatic nitrogens is 1. The zero-order valence-corrected chi connectivity index (χ0v) is 11.7. The Hall–Kier alpha value is -2.21. The van der Waals surface area contributed by atoms with Crippen molar-refractivity contribution in [2.24, 2.45) is 0 Å². The van der Waals surface area contributed by atoms with Crippen molar-refractivity contribution in [1.82, 2.24) is 10.5 Å². The molecule has 0 radical (unpaired) electrons. The predicted molar refractivity (Wildman–Crippen MR) is 75.2 cm³/mol. The Morgan fingerprint density at radius 3 is 2.70 bits per heavy atom. The SMILES string of the molecule is CC(C)(C)NCc1cnoc1-c1ccccc1[N+](=O)[O-]. The maximum atomic E-state index is 11.1. The number of hydrogen-bond acceptors (Lipinski definition) is 5. The van der Waals surface area contributed by atoms with Gasteiger partial charge in [0.15, 0.2) is 5.76 Å². The lowest BCUT2D eigenvalue weighted by atomic mass is 10.1. The van der Waals surface area contributed by atoms with Crippen molar-refractivity contribution in [2.75, 3.05) is 0 Å². The zero-order chi connectivity index (χ0) is 14.8. The molecule has 1 aromatic carbocycles. The Morgan fingerprint density at radius 1 is 1.35 bits per heavy atom. The van der Waals surface area contributed by atoms with Gasteiger partial charge in [0.25, 0.3) is 5.69 Å². The average molecular weight is 275 g/mol. The highest BCUT2D eigenvalue weighted by Gasteiger charge is 2.21. The molecule has 106 valence electrons. The zero-order valence-electron chi connectivity index (χ0n) is 11.7. The standard InChI is InChI=1S/C14H17N3O3/c1-14(2,3)15-8-10-9-16-20-13(10)11-6-4-5-7-12(11)17(18)19/h4-7,9,15H,8H2,1-3H3. The lowest BCUT2D eigenvalue weighted by Gasteiger charge is -2.20. The molecular weight excluding hydrogens is 258 g/mol. The largest absolute Gasteiger partial charge is 0.356 e. The highest BCUT2D eigenvalue weighted by Crippen LogP contribution is 2.31. The molecule has 2 rings (SSSR count). The second kappa shape index (κ2) is 5.42. The van der Waals surface area contributed by atoms with Gasteiger partial charge in [0.05, 0.1) is 16.7 Å². The quantitative estimate of drug-likeness (QED) is 0.684. The molecule has 0 bridgehead atoms. The van der Waals surface area contributed by atoms with Gasteiger partial charge in [0.1, 0.15) is 0 Å². The lowest BCUT2D eigenvalue weighted by molar-refractivity contribution is -0.384. The molecule has 0 aliphatic rings. The molecular formula is C14H17N3O3. The maximum absolute atomic E-state index is 11.1. The van der Waals surface area contributed by atoms with Crippen molar-refractivity contribution in [3.8, 4) is 11.3 Å². The minimum Gasteiger partial charge on any atom is -0.356 e. The normalized spacial score (nSPS) is 11.6. The van der Waals surface area contributed by atoms with E-state index in [9.17, 15) is 10.1 Å². The predicted octanol–water partition coefficient (Wildman–Crippen LogP) is 3.14. The van der Waals surface area contributed by atoms with Gasteiger partial charge >= 0.3 is 0 Å². The van der Waals surface area contributed by atoms with Gasteiger partial charge in [-0.15, -0.1) is 0 Å². The fourth-order valence-electron chi connectivity index (χ4n) is 1.79. The number of para-hydroxylation sites is 1. The van der Waals surface area contributed by atoms with Gasteiger partial charge in [-0.3, -0.25) is 10.1 Å². The van der Waals surface area contributed by atoms with Crippen LogP contribution in [-0.4, -0.2) is 15.6 Å². The van der Waals surface area contributed by atoms with Crippen LogP contribution in [0.25, 0.3) is 11.3 Å². The van der Waals surface area contributed by atoms with E-state index in [2.05, 4.69) is 10.5 Å². The molecule has 0 spiro atoms. The van der Waals surface area contributed by atoms with Crippen LogP contribution in [0.5, 0.6) is 0 Å². The van der Waals surface area contributed by atoms with E-state index in [4.69, 9.17) is 4.52 Å². The van der Waals surface area contributed by atoms with E-state index in [1.165, 1.54) is 6.07 Å². The fraction of sp³-hybridized carbons (Fsp3) is 0.357. The van der Waals surface area contributed by atoms with Crippen LogP contribution in [0.2, 0.25) is 0 Å². The summed E-state index contributed by atoms with van der Waals surface area (Å²) in [6.07, 6.45) is 1.59. The monoisotopic (exact) mass is 275 g/mol. The van der Waals surface area contributed by atoms with Crippen LogP contribution < -0.4 is 5.32 Å². The highest BCUT2D eigenvalue weighted by molar-refractivity contribution is 5.71. The number of rotatable bonds is 4. The summed E-state index contributed by atoms with van der Waals surface area (Å²) in [5.41, 5.74) is 1.20. The Balaban J connectivity index is 2.35. The number of benzene rings is 1. The third-order valence-electron chi connectivity index (χ3n) is 2.80. The third kappa shape index (κ3) is 3.21. The van der Waals surface area contributed by atoms with Crippen LogP contribution in [-0.2, 0) is 6.54 Å². The minimum atomic E-state index is -0.418. The first-order valence-corrected chi connectivity index (χ1v) is 6.31. The van der Waals surface area contributed by atoms with Gasteiger partial charge < -0.3 is 9.84 Å². The lowest BCUT2D eigenvalue weighted by Crippen LogP contribution is -2.35. The molecule has 0 saturated carbocycles. The van der Waals surface area contributed by atoms with E-state index < -0.39 is 4.92 Å². The Bertz CT molecular complexity index is 614. The molecule has 0 atom stereocenters. The summed E-state index contributed by atoms with van der Waals surface area (Å²) in [6.45, 7) is 6.68. The minimum absolute atomic E-state index is 0.0151. The van der Waals surface area contributed by atoms with Crippen molar-refractivity contribution in [3.05, 3.63) is 46.1 Å². The fourth-order valence-corrected chi connectivity index (χ4v) is 1.79. The summed E-state index contributed by atoms with van der Waals surface area (Å²) in [4.78, 5) is 10.7. The molecule has 20 heavy (non-hydrogen) atoms.